The molecule has 0 heterocycles. The molecule has 1 amide bonds. The Labute approximate surface area is 111 Å². The first-order chi connectivity index (χ1) is 8.39. The standard InChI is InChI=1S/C14H29N3O/c1-11(2)8-12(9-17(3)4)16-13(18)14(10-15)6-5-7-14/h11-12H,5-10,15H2,1-4H3,(H,16,18). The van der Waals surface area contributed by atoms with E-state index in [0.29, 0.717) is 12.5 Å². The number of nitrogens with zero attached hydrogens (tertiary/aromatic N) is 1. The fourth-order valence-electron chi connectivity index (χ4n) is 2.65. The molecule has 0 aromatic rings. The van der Waals surface area contributed by atoms with Gasteiger partial charge in [-0.25, -0.2) is 0 Å². The Morgan fingerprint density at radius 3 is 2.33 bits per heavy atom. The molecule has 0 bridgehead atoms. The lowest BCUT2D eigenvalue weighted by Crippen LogP contribution is -2.54. The van der Waals surface area contributed by atoms with Gasteiger partial charge in [0.15, 0.2) is 0 Å². The predicted molar refractivity (Wildman–Crippen MR) is 75.3 cm³/mol. The number of amides is 1. The van der Waals surface area contributed by atoms with Crippen molar-refractivity contribution in [3.05, 3.63) is 0 Å². The van der Waals surface area contributed by atoms with Crippen LogP contribution in [-0.4, -0.2) is 44.0 Å². The third kappa shape index (κ3) is 3.95. The van der Waals surface area contributed by atoms with Crippen molar-refractivity contribution in [3.8, 4) is 0 Å². The first kappa shape index (κ1) is 15.4. The van der Waals surface area contributed by atoms with Crippen molar-refractivity contribution in [3.63, 3.8) is 0 Å². The smallest absolute Gasteiger partial charge is 0.227 e. The lowest BCUT2D eigenvalue weighted by Gasteiger charge is -2.40. The fraction of sp³-hybridized carbons (Fsp3) is 0.929. The van der Waals surface area contributed by atoms with Crippen molar-refractivity contribution in [2.24, 2.45) is 17.1 Å². The second kappa shape index (κ2) is 6.53. The van der Waals surface area contributed by atoms with Crippen molar-refractivity contribution in [2.45, 2.75) is 45.6 Å². The molecule has 0 aliphatic heterocycles. The Hall–Kier alpha value is -0.610. The average Bonchev–Trinajstić information content (AvgIpc) is 2.13. The molecule has 1 aliphatic carbocycles. The van der Waals surface area contributed by atoms with Gasteiger partial charge in [-0.1, -0.05) is 20.3 Å². The lowest BCUT2D eigenvalue weighted by atomic mass is 9.68. The second-order valence-electron chi connectivity index (χ2n) is 6.40. The van der Waals surface area contributed by atoms with E-state index in [4.69, 9.17) is 5.73 Å². The normalized spacial score (nSPS) is 19.7. The fourth-order valence-corrected chi connectivity index (χ4v) is 2.65. The maximum absolute atomic E-state index is 12.3. The molecule has 4 heteroatoms. The predicted octanol–water partition coefficient (Wildman–Crippen LogP) is 1.21. The highest BCUT2D eigenvalue weighted by Gasteiger charge is 2.43. The molecule has 1 atom stereocenters. The lowest BCUT2D eigenvalue weighted by molar-refractivity contribution is -0.136. The number of nitrogens with two attached hydrogens (primary N) is 1. The maximum Gasteiger partial charge on any atom is 0.227 e. The molecule has 0 radical (unpaired) electrons. The highest BCUT2D eigenvalue weighted by molar-refractivity contribution is 5.84. The summed E-state index contributed by atoms with van der Waals surface area (Å²) in [6, 6.07) is 0.233. The van der Waals surface area contributed by atoms with Crippen LogP contribution in [0.3, 0.4) is 0 Å². The van der Waals surface area contributed by atoms with Gasteiger partial charge in [-0.3, -0.25) is 4.79 Å². The van der Waals surface area contributed by atoms with Crippen LogP contribution in [0.25, 0.3) is 0 Å². The Balaban J connectivity index is 2.56. The van der Waals surface area contributed by atoms with E-state index in [1.807, 2.05) is 14.1 Å². The van der Waals surface area contributed by atoms with E-state index < -0.39 is 0 Å². The number of hydrogen-bond acceptors (Lipinski definition) is 3. The minimum atomic E-state index is -0.262. The monoisotopic (exact) mass is 255 g/mol. The number of rotatable bonds is 7. The molecule has 1 aliphatic rings. The van der Waals surface area contributed by atoms with Crippen LogP contribution in [0.2, 0.25) is 0 Å². The van der Waals surface area contributed by atoms with E-state index in [2.05, 4.69) is 24.1 Å². The first-order valence-corrected chi connectivity index (χ1v) is 7.05. The summed E-state index contributed by atoms with van der Waals surface area (Å²) in [6.45, 7) is 5.76. The number of likely N-dealkylation sites (N-methyl/N-ethyl adjacent to an activating group) is 1. The topological polar surface area (TPSA) is 58.4 Å². The van der Waals surface area contributed by atoms with Crippen molar-refractivity contribution >= 4 is 5.91 Å². The van der Waals surface area contributed by atoms with Crippen LogP contribution in [0.15, 0.2) is 0 Å². The second-order valence-corrected chi connectivity index (χ2v) is 6.40. The largest absolute Gasteiger partial charge is 0.352 e. The summed E-state index contributed by atoms with van der Waals surface area (Å²) in [6.07, 6.45) is 4.05. The zero-order valence-electron chi connectivity index (χ0n) is 12.3. The molecule has 0 saturated heterocycles. The van der Waals surface area contributed by atoms with Gasteiger partial charge in [0, 0.05) is 19.1 Å². The third-order valence-corrected chi connectivity index (χ3v) is 3.86. The highest BCUT2D eigenvalue weighted by Crippen LogP contribution is 2.40. The van der Waals surface area contributed by atoms with Crippen molar-refractivity contribution in [2.75, 3.05) is 27.2 Å². The summed E-state index contributed by atoms with van der Waals surface area (Å²) in [4.78, 5) is 14.5. The minimum absolute atomic E-state index is 0.170. The minimum Gasteiger partial charge on any atom is -0.352 e. The summed E-state index contributed by atoms with van der Waals surface area (Å²) in [5.74, 6) is 0.759. The van der Waals surface area contributed by atoms with Crippen LogP contribution in [-0.2, 0) is 4.79 Å². The Bertz CT molecular complexity index is 257. The summed E-state index contributed by atoms with van der Waals surface area (Å²) >= 11 is 0. The quantitative estimate of drug-likeness (QED) is 0.719. The molecule has 1 saturated carbocycles. The number of carbonyl (C=O) groups excluding carboxylic acids is 1. The van der Waals surface area contributed by atoms with Gasteiger partial charge in [0.05, 0.1) is 5.41 Å². The SMILES string of the molecule is CC(C)CC(CN(C)C)NC(=O)C1(CN)CCC1. The van der Waals surface area contributed by atoms with Gasteiger partial charge in [0.2, 0.25) is 5.91 Å². The van der Waals surface area contributed by atoms with E-state index in [0.717, 1.165) is 32.2 Å². The van der Waals surface area contributed by atoms with E-state index in [-0.39, 0.29) is 17.4 Å². The maximum atomic E-state index is 12.3. The number of hydrogen-bond donors (Lipinski definition) is 2. The zero-order valence-corrected chi connectivity index (χ0v) is 12.3. The van der Waals surface area contributed by atoms with Crippen molar-refractivity contribution in [1.29, 1.82) is 0 Å². The van der Waals surface area contributed by atoms with Crippen LogP contribution in [0.4, 0.5) is 0 Å². The van der Waals surface area contributed by atoms with Crippen molar-refractivity contribution in [1.82, 2.24) is 10.2 Å². The molecular weight excluding hydrogens is 226 g/mol. The van der Waals surface area contributed by atoms with E-state index >= 15 is 0 Å². The summed E-state index contributed by atoms with van der Waals surface area (Å²) in [5, 5.41) is 3.21. The Morgan fingerprint density at radius 1 is 1.39 bits per heavy atom. The molecule has 18 heavy (non-hydrogen) atoms. The molecule has 4 nitrogen and oxygen atoms in total. The Kier molecular flexibility index (Phi) is 5.60. The van der Waals surface area contributed by atoms with Gasteiger partial charge in [-0.05, 0) is 39.3 Å². The van der Waals surface area contributed by atoms with Gasteiger partial charge >= 0.3 is 0 Å². The summed E-state index contributed by atoms with van der Waals surface area (Å²) < 4.78 is 0. The summed E-state index contributed by atoms with van der Waals surface area (Å²) in [7, 11) is 4.09. The van der Waals surface area contributed by atoms with E-state index in [1.54, 1.807) is 0 Å². The van der Waals surface area contributed by atoms with Crippen LogP contribution >= 0.6 is 0 Å². The molecule has 0 spiro atoms. The molecule has 106 valence electrons. The van der Waals surface area contributed by atoms with Gasteiger partial charge in [0.1, 0.15) is 0 Å². The molecule has 0 aromatic heterocycles. The van der Waals surface area contributed by atoms with E-state index in [9.17, 15) is 4.79 Å². The molecular formula is C14H29N3O. The van der Waals surface area contributed by atoms with Crippen LogP contribution < -0.4 is 11.1 Å². The molecule has 3 N–H and O–H groups in total. The van der Waals surface area contributed by atoms with E-state index in [1.165, 1.54) is 0 Å². The molecule has 1 rings (SSSR count). The number of nitrogens with one attached hydrogen (secondary N) is 1. The van der Waals surface area contributed by atoms with Crippen molar-refractivity contribution < 1.29 is 4.79 Å². The van der Waals surface area contributed by atoms with Crippen LogP contribution in [0.5, 0.6) is 0 Å². The zero-order chi connectivity index (χ0) is 13.8. The first-order valence-electron chi connectivity index (χ1n) is 7.05. The molecule has 1 fully saturated rings. The van der Waals surface area contributed by atoms with Crippen LogP contribution in [0, 0.1) is 11.3 Å². The highest BCUT2D eigenvalue weighted by atomic mass is 16.2. The van der Waals surface area contributed by atoms with Gasteiger partial charge in [-0.15, -0.1) is 0 Å². The molecule has 1 unspecified atom stereocenters. The average molecular weight is 255 g/mol. The number of carbonyl (C=O) groups is 1. The van der Waals surface area contributed by atoms with Gasteiger partial charge in [-0.2, -0.15) is 0 Å². The third-order valence-electron chi connectivity index (χ3n) is 3.86. The summed E-state index contributed by atoms with van der Waals surface area (Å²) in [5.41, 5.74) is 5.51. The van der Waals surface area contributed by atoms with Gasteiger partial charge < -0.3 is 16.0 Å². The van der Waals surface area contributed by atoms with Crippen LogP contribution in [0.1, 0.15) is 39.5 Å². The Morgan fingerprint density at radius 2 is 2.00 bits per heavy atom. The molecule has 0 aromatic carbocycles. The van der Waals surface area contributed by atoms with Gasteiger partial charge in [0.25, 0.3) is 0 Å².